The fraction of sp³-hybridized carbons (Fsp3) is 0.500. The molecule has 0 saturated heterocycles. The van der Waals surface area contributed by atoms with Gasteiger partial charge in [-0.15, -0.1) is 0 Å². The minimum absolute atomic E-state index is 0.278. The molecule has 0 aromatic heterocycles. The first-order valence-corrected chi connectivity index (χ1v) is 8.09. The summed E-state index contributed by atoms with van der Waals surface area (Å²) in [5, 5.41) is 0. The van der Waals surface area contributed by atoms with Crippen molar-refractivity contribution >= 4 is 0 Å². The number of fused-ring (bicyclic) bond motifs is 1. The fourth-order valence-electron chi connectivity index (χ4n) is 2.41. The largest absolute Gasteiger partial charge is 0.490 e. The molecule has 0 N–H and O–H groups in total. The summed E-state index contributed by atoms with van der Waals surface area (Å²) in [5.74, 6) is 1.84. The molecule has 0 aliphatic carbocycles. The van der Waals surface area contributed by atoms with Crippen molar-refractivity contribution < 1.29 is 9.47 Å². The van der Waals surface area contributed by atoms with Crippen LogP contribution in [0.5, 0.6) is 11.5 Å². The Morgan fingerprint density at radius 3 is 2.86 bits per heavy atom. The van der Waals surface area contributed by atoms with E-state index in [1.807, 2.05) is 12.1 Å². The summed E-state index contributed by atoms with van der Waals surface area (Å²) in [7, 11) is 0. The van der Waals surface area contributed by atoms with Crippen molar-refractivity contribution in [3.8, 4) is 11.5 Å². The highest BCUT2D eigenvalue weighted by Gasteiger charge is 2.18. The lowest BCUT2D eigenvalue weighted by atomic mass is 9.92. The summed E-state index contributed by atoms with van der Waals surface area (Å²) < 4.78 is 11.5. The standard InChI is InChI=1S/C20H28O2/c1-15(7-6-11-20(3,4)5)10-12-21-18-9-8-17-13-16(2)22-19(17)14-18/h6-10,14,16H,11-13H2,1-5H3/b7-6+,15-10+. The van der Waals surface area contributed by atoms with Crippen molar-refractivity contribution in [1.29, 1.82) is 0 Å². The first-order valence-electron chi connectivity index (χ1n) is 8.09. The zero-order valence-corrected chi connectivity index (χ0v) is 14.5. The number of hydrogen-bond acceptors (Lipinski definition) is 2. The lowest BCUT2D eigenvalue weighted by Gasteiger charge is -2.14. The molecule has 0 bridgehead atoms. The van der Waals surface area contributed by atoms with Crippen molar-refractivity contribution in [1.82, 2.24) is 0 Å². The molecule has 1 atom stereocenters. The van der Waals surface area contributed by atoms with Gasteiger partial charge in [-0.1, -0.05) is 44.6 Å². The quantitative estimate of drug-likeness (QED) is 0.684. The van der Waals surface area contributed by atoms with Crippen LogP contribution < -0.4 is 9.47 Å². The van der Waals surface area contributed by atoms with E-state index in [2.05, 4.69) is 58.9 Å². The third-order valence-electron chi connectivity index (χ3n) is 3.64. The third-order valence-corrected chi connectivity index (χ3v) is 3.64. The van der Waals surface area contributed by atoms with E-state index in [1.54, 1.807) is 0 Å². The number of ether oxygens (including phenoxy) is 2. The second-order valence-electron chi connectivity index (χ2n) is 7.33. The Morgan fingerprint density at radius 1 is 1.36 bits per heavy atom. The second-order valence-corrected chi connectivity index (χ2v) is 7.33. The van der Waals surface area contributed by atoms with E-state index in [1.165, 1.54) is 11.1 Å². The maximum absolute atomic E-state index is 5.79. The Morgan fingerprint density at radius 2 is 2.14 bits per heavy atom. The summed E-state index contributed by atoms with van der Waals surface area (Å²) in [6.07, 6.45) is 8.86. The normalized spacial score (nSPS) is 18.4. The molecule has 1 aliphatic rings. The Kier molecular flexibility index (Phi) is 5.33. The van der Waals surface area contributed by atoms with Gasteiger partial charge >= 0.3 is 0 Å². The highest BCUT2D eigenvalue weighted by molar-refractivity contribution is 5.43. The third kappa shape index (κ3) is 5.25. The molecule has 0 fully saturated rings. The zero-order chi connectivity index (χ0) is 16.2. The Balaban J connectivity index is 1.83. The Hall–Kier alpha value is -1.70. The summed E-state index contributed by atoms with van der Waals surface area (Å²) >= 11 is 0. The maximum atomic E-state index is 5.79. The monoisotopic (exact) mass is 300 g/mol. The van der Waals surface area contributed by atoms with Crippen LogP contribution in [-0.2, 0) is 6.42 Å². The number of allylic oxidation sites excluding steroid dienone is 3. The average Bonchev–Trinajstić information content (AvgIpc) is 2.76. The average molecular weight is 300 g/mol. The van der Waals surface area contributed by atoms with Crippen molar-refractivity contribution in [2.24, 2.45) is 5.41 Å². The molecule has 0 amide bonds. The van der Waals surface area contributed by atoms with E-state index < -0.39 is 0 Å². The van der Waals surface area contributed by atoms with Gasteiger partial charge in [0.05, 0.1) is 0 Å². The van der Waals surface area contributed by atoms with Gasteiger partial charge < -0.3 is 9.47 Å². The molecular formula is C20H28O2. The van der Waals surface area contributed by atoms with Crippen molar-refractivity contribution in [2.45, 2.75) is 53.6 Å². The van der Waals surface area contributed by atoms with Gasteiger partial charge in [0.25, 0.3) is 0 Å². The summed E-state index contributed by atoms with van der Waals surface area (Å²) in [4.78, 5) is 0. The highest BCUT2D eigenvalue weighted by Crippen LogP contribution is 2.32. The molecule has 2 nitrogen and oxygen atoms in total. The second kappa shape index (κ2) is 7.04. The molecule has 0 saturated carbocycles. The molecule has 2 heteroatoms. The van der Waals surface area contributed by atoms with Gasteiger partial charge in [0.1, 0.15) is 24.2 Å². The first-order chi connectivity index (χ1) is 10.3. The van der Waals surface area contributed by atoms with Crippen LogP contribution in [0.3, 0.4) is 0 Å². The summed E-state index contributed by atoms with van der Waals surface area (Å²) in [6, 6.07) is 6.13. The summed E-state index contributed by atoms with van der Waals surface area (Å²) in [5.41, 5.74) is 2.85. The van der Waals surface area contributed by atoms with E-state index in [9.17, 15) is 0 Å². The van der Waals surface area contributed by atoms with Crippen LogP contribution in [0.25, 0.3) is 0 Å². The van der Waals surface area contributed by atoms with Crippen molar-refractivity contribution in [3.63, 3.8) is 0 Å². The van der Waals surface area contributed by atoms with Crippen LogP contribution in [0, 0.1) is 5.41 Å². The predicted octanol–water partition coefficient (Wildman–Crippen LogP) is 5.33. The van der Waals surface area contributed by atoms with Crippen LogP contribution in [0.15, 0.2) is 42.0 Å². The van der Waals surface area contributed by atoms with E-state index in [4.69, 9.17) is 9.47 Å². The summed E-state index contributed by atoms with van der Waals surface area (Å²) in [6.45, 7) is 11.5. The van der Waals surface area contributed by atoms with Gasteiger partial charge in [0.2, 0.25) is 0 Å². The highest BCUT2D eigenvalue weighted by atomic mass is 16.5. The van der Waals surface area contributed by atoms with Gasteiger partial charge in [0, 0.05) is 12.5 Å². The van der Waals surface area contributed by atoms with Crippen LogP contribution in [0.2, 0.25) is 0 Å². The topological polar surface area (TPSA) is 18.5 Å². The maximum Gasteiger partial charge on any atom is 0.126 e. The minimum atomic E-state index is 0.278. The van der Waals surface area contributed by atoms with E-state index in [0.717, 1.165) is 24.3 Å². The van der Waals surface area contributed by atoms with Crippen LogP contribution in [0.4, 0.5) is 0 Å². The van der Waals surface area contributed by atoms with E-state index in [-0.39, 0.29) is 6.10 Å². The number of rotatable bonds is 5. The van der Waals surface area contributed by atoms with Crippen LogP contribution >= 0.6 is 0 Å². The molecule has 0 spiro atoms. The fourth-order valence-corrected chi connectivity index (χ4v) is 2.41. The van der Waals surface area contributed by atoms with Crippen LogP contribution in [0.1, 0.15) is 46.6 Å². The molecule has 1 aliphatic heterocycles. The lowest BCUT2D eigenvalue weighted by molar-refractivity contribution is 0.253. The smallest absolute Gasteiger partial charge is 0.126 e. The number of benzene rings is 1. The van der Waals surface area contributed by atoms with Gasteiger partial charge in [-0.3, -0.25) is 0 Å². The molecule has 0 radical (unpaired) electrons. The molecule has 22 heavy (non-hydrogen) atoms. The Labute approximate surface area is 134 Å². The minimum Gasteiger partial charge on any atom is -0.490 e. The Bertz CT molecular complexity index is 562. The van der Waals surface area contributed by atoms with Gasteiger partial charge in [-0.2, -0.15) is 0 Å². The lowest BCUT2D eigenvalue weighted by Crippen LogP contribution is -2.05. The molecule has 2 rings (SSSR count). The number of hydrogen-bond donors (Lipinski definition) is 0. The molecular weight excluding hydrogens is 272 g/mol. The molecule has 1 aromatic carbocycles. The van der Waals surface area contributed by atoms with Crippen molar-refractivity contribution in [2.75, 3.05) is 6.61 Å². The molecule has 1 aromatic rings. The molecule has 1 heterocycles. The van der Waals surface area contributed by atoms with Crippen LogP contribution in [-0.4, -0.2) is 12.7 Å². The van der Waals surface area contributed by atoms with Crippen molar-refractivity contribution in [3.05, 3.63) is 47.6 Å². The van der Waals surface area contributed by atoms with Gasteiger partial charge in [-0.25, -0.2) is 0 Å². The SMILES string of the molecule is CC(/C=C/CC(C)(C)C)=C\COc1ccc2c(c1)OC(C)C2. The predicted molar refractivity (Wildman–Crippen MR) is 92.7 cm³/mol. The molecule has 120 valence electrons. The molecule has 1 unspecified atom stereocenters. The van der Waals surface area contributed by atoms with Gasteiger partial charge in [-0.05, 0) is 43.4 Å². The zero-order valence-electron chi connectivity index (χ0n) is 14.5. The van der Waals surface area contributed by atoms with Gasteiger partial charge in [0.15, 0.2) is 0 Å². The first kappa shape index (κ1) is 16.7. The van der Waals surface area contributed by atoms with E-state index >= 15 is 0 Å². The van der Waals surface area contributed by atoms with E-state index in [0.29, 0.717) is 12.0 Å².